The van der Waals surface area contributed by atoms with E-state index in [-0.39, 0.29) is 0 Å². The Morgan fingerprint density at radius 3 is 2.62 bits per heavy atom. The van der Waals surface area contributed by atoms with Gasteiger partial charge in [0.1, 0.15) is 3.70 Å². The standard InChI is InChI=1S/C11H10ClIN2S/c1-2-15-7-10(11(13)14-15)16-9-5-3-8(12)4-6-9/h3-7H,2H2,1H3. The molecule has 0 saturated carbocycles. The minimum Gasteiger partial charge on any atom is -0.271 e. The zero-order chi connectivity index (χ0) is 11.5. The smallest absolute Gasteiger partial charge is 0.137 e. The van der Waals surface area contributed by atoms with Crippen molar-refractivity contribution < 1.29 is 0 Å². The molecule has 16 heavy (non-hydrogen) atoms. The third-order valence-corrected chi connectivity index (χ3v) is 4.49. The van der Waals surface area contributed by atoms with Crippen molar-refractivity contribution in [3.8, 4) is 0 Å². The summed E-state index contributed by atoms with van der Waals surface area (Å²) in [5.74, 6) is 0. The third kappa shape index (κ3) is 2.93. The summed E-state index contributed by atoms with van der Waals surface area (Å²) in [7, 11) is 0. The lowest BCUT2D eigenvalue weighted by Gasteiger charge is -1.98. The van der Waals surface area contributed by atoms with Gasteiger partial charge < -0.3 is 0 Å². The molecule has 0 saturated heterocycles. The highest BCUT2D eigenvalue weighted by atomic mass is 127. The first-order chi connectivity index (χ1) is 7.69. The minimum atomic E-state index is 0.767. The van der Waals surface area contributed by atoms with E-state index in [2.05, 4.69) is 40.8 Å². The van der Waals surface area contributed by atoms with Crippen LogP contribution in [0.3, 0.4) is 0 Å². The van der Waals surface area contributed by atoms with E-state index in [1.54, 1.807) is 11.8 Å². The normalized spacial score (nSPS) is 10.7. The fourth-order valence-corrected chi connectivity index (χ4v) is 2.94. The topological polar surface area (TPSA) is 17.8 Å². The van der Waals surface area contributed by atoms with Gasteiger partial charge in [0.05, 0.1) is 4.90 Å². The van der Waals surface area contributed by atoms with Crippen LogP contribution < -0.4 is 0 Å². The number of aromatic nitrogens is 2. The van der Waals surface area contributed by atoms with Crippen LogP contribution in [-0.4, -0.2) is 9.78 Å². The lowest BCUT2D eigenvalue weighted by Crippen LogP contribution is -1.93. The lowest BCUT2D eigenvalue weighted by atomic mass is 10.4. The third-order valence-electron chi connectivity index (χ3n) is 2.05. The number of halogens is 2. The summed E-state index contributed by atoms with van der Waals surface area (Å²) in [5, 5.41) is 5.17. The van der Waals surface area contributed by atoms with Crippen LogP contribution in [0.4, 0.5) is 0 Å². The minimum absolute atomic E-state index is 0.767. The number of aryl methyl sites for hydroxylation is 1. The van der Waals surface area contributed by atoms with Crippen molar-refractivity contribution in [3.63, 3.8) is 0 Å². The van der Waals surface area contributed by atoms with Crippen LogP contribution in [0.25, 0.3) is 0 Å². The van der Waals surface area contributed by atoms with Gasteiger partial charge in [0, 0.05) is 22.7 Å². The number of hydrogen-bond donors (Lipinski definition) is 0. The first-order valence-electron chi connectivity index (χ1n) is 4.85. The molecule has 2 rings (SSSR count). The van der Waals surface area contributed by atoms with Gasteiger partial charge in [0.15, 0.2) is 0 Å². The molecule has 0 bridgehead atoms. The molecule has 2 aromatic rings. The molecule has 0 atom stereocenters. The zero-order valence-electron chi connectivity index (χ0n) is 8.65. The summed E-state index contributed by atoms with van der Waals surface area (Å²) in [5.41, 5.74) is 0. The molecule has 0 amide bonds. The Kier molecular flexibility index (Phi) is 4.16. The van der Waals surface area contributed by atoms with E-state index in [0.29, 0.717) is 0 Å². The maximum Gasteiger partial charge on any atom is 0.137 e. The predicted octanol–water partition coefficient (Wildman–Crippen LogP) is 4.31. The Labute approximate surface area is 118 Å². The van der Waals surface area contributed by atoms with Gasteiger partial charge in [-0.1, -0.05) is 23.4 Å². The molecule has 0 aliphatic carbocycles. The van der Waals surface area contributed by atoms with Crippen molar-refractivity contribution in [2.45, 2.75) is 23.3 Å². The SMILES string of the molecule is CCn1cc(Sc2ccc(Cl)cc2)c(I)n1. The van der Waals surface area contributed by atoms with Crippen LogP contribution in [0.2, 0.25) is 5.02 Å². The maximum absolute atomic E-state index is 5.85. The average molecular weight is 365 g/mol. The van der Waals surface area contributed by atoms with E-state index in [1.165, 1.54) is 9.79 Å². The highest BCUT2D eigenvalue weighted by molar-refractivity contribution is 14.1. The van der Waals surface area contributed by atoms with Gasteiger partial charge in [-0.25, -0.2) is 0 Å². The van der Waals surface area contributed by atoms with E-state index >= 15 is 0 Å². The second-order valence-electron chi connectivity index (χ2n) is 3.20. The van der Waals surface area contributed by atoms with Crippen LogP contribution in [-0.2, 0) is 6.54 Å². The summed E-state index contributed by atoms with van der Waals surface area (Å²) < 4.78 is 2.99. The summed E-state index contributed by atoms with van der Waals surface area (Å²) in [4.78, 5) is 2.36. The van der Waals surface area contributed by atoms with Crippen LogP contribution >= 0.6 is 46.0 Å². The van der Waals surface area contributed by atoms with E-state index in [1.807, 2.05) is 28.9 Å². The number of nitrogens with zero attached hydrogens (tertiary/aromatic N) is 2. The van der Waals surface area contributed by atoms with Crippen LogP contribution in [0, 0.1) is 3.70 Å². The summed E-state index contributed by atoms with van der Waals surface area (Å²) in [6.45, 7) is 2.98. The number of benzene rings is 1. The molecule has 1 aromatic heterocycles. The fraction of sp³-hybridized carbons (Fsp3) is 0.182. The molecule has 1 aromatic carbocycles. The van der Waals surface area contributed by atoms with Crippen molar-refractivity contribution in [1.29, 1.82) is 0 Å². The Hall–Kier alpha value is -0.200. The van der Waals surface area contributed by atoms with Gasteiger partial charge in [0.25, 0.3) is 0 Å². The van der Waals surface area contributed by atoms with Crippen LogP contribution in [0.1, 0.15) is 6.92 Å². The molecule has 0 N–H and O–H groups in total. The Bertz CT molecular complexity index is 481. The van der Waals surface area contributed by atoms with E-state index in [0.717, 1.165) is 15.3 Å². The highest BCUT2D eigenvalue weighted by Gasteiger charge is 2.07. The van der Waals surface area contributed by atoms with Crippen LogP contribution in [0.15, 0.2) is 40.3 Å². The molecule has 1 heterocycles. The molecular formula is C11H10ClIN2S. The molecule has 0 fully saturated rings. The molecular weight excluding hydrogens is 355 g/mol. The van der Waals surface area contributed by atoms with Gasteiger partial charge in [-0.15, -0.1) is 0 Å². The Balaban J connectivity index is 2.19. The van der Waals surface area contributed by atoms with Crippen molar-refractivity contribution in [1.82, 2.24) is 9.78 Å². The zero-order valence-corrected chi connectivity index (χ0v) is 12.4. The van der Waals surface area contributed by atoms with E-state index in [4.69, 9.17) is 11.6 Å². The lowest BCUT2D eigenvalue weighted by molar-refractivity contribution is 0.654. The summed E-state index contributed by atoms with van der Waals surface area (Å²) >= 11 is 9.81. The quantitative estimate of drug-likeness (QED) is 0.755. The second-order valence-corrected chi connectivity index (χ2v) is 5.77. The molecule has 0 aliphatic rings. The molecule has 0 spiro atoms. The van der Waals surface area contributed by atoms with Crippen molar-refractivity contribution in [2.24, 2.45) is 0 Å². The predicted molar refractivity (Wildman–Crippen MR) is 76.2 cm³/mol. The highest BCUT2D eigenvalue weighted by Crippen LogP contribution is 2.31. The summed E-state index contributed by atoms with van der Waals surface area (Å²) in [6.07, 6.45) is 2.07. The van der Waals surface area contributed by atoms with Crippen molar-refractivity contribution in [2.75, 3.05) is 0 Å². The largest absolute Gasteiger partial charge is 0.271 e. The second kappa shape index (κ2) is 5.42. The van der Waals surface area contributed by atoms with Gasteiger partial charge in [-0.3, -0.25) is 4.68 Å². The van der Waals surface area contributed by atoms with Crippen molar-refractivity contribution in [3.05, 3.63) is 39.2 Å². The number of hydrogen-bond acceptors (Lipinski definition) is 2. The number of rotatable bonds is 3. The van der Waals surface area contributed by atoms with Crippen LogP contribution in [0.5, 0.6) is 0 Å². The van der Waals surface area contributed by atoms with Crippen molar-refractivity contribution >= 4 is 46.0 Å². The fourth-order valence-electron chi connectivity index (χ4n) is 1.24. The molecule has 0 unspecified atom stereocenters. The molecule has 2 nitrogen and oxygen atoms in total. The molecule has 0 radical (unpaired) electrons. The summed E-state index contributed by atoms with van der Waals surface area (Å²) in [6, 6.07) is 7.85. The first kappa shape index (κ1) is 12.3. The molecule has 5 heteroatoms. The van der Waals surface area contributed by atoms with Gasteiger partial charge in [-0.2, -0.15) is 5.10 Å². The van der Waals surface area contributed by atoms with Gasteiger partial charge >= 0.3 is 0 Å². The first-order valence-corrected chi connectivity index (χ1v) is 7.12. The Morgan fingerprint density at radius 1 is 1.38 bits per heavy atom. The monoisotopic (exact) mass is 364 g/mol. The van der Waals surface area contributed by atoms with E-state index < -0.39 is 0 Å². The Morgan fingerprint density at radius 2 is 2.06 bits per heavy atom. The average Bonchev–Trinajstić information content (AvgIpc) is 2.63. The van der Waals surface area contributed by atoms with Gasteiger partial charge in [0.2, 0.25) is 0 Å². The molecule has 84 valence electrons. The molecule has 0 aliphatic heterocycles. The van der Waals surface area contributed by atoms with Gasteiger partial charge in [-0.05, 0) is 53.8 Å². The van der Waals surface area contributed by atoms with E-state index in [9.17, 15) is 0 Å². The maximum atomic E-state index is 5.85.